The standard InChI is InChI=1S/C31H37N3O6S/c1-37-26-16-21(17-27(38-2)29(26)39-3)19-40-20-23(41)18-33-12-10-32(11-13-33)14-15-34-30(35)24-8-4-6-22-7-5-9-25(28(22)24)31(34)36/h4-9,16-17,23,41H,10-15,18-20H2,1-3H3. The quantitative estimate of drug-likeness (QED) is 0.258. The van der Waals surface area contributed by atoms with Crippen molar-refractivity contribution in [3.05, 3.63) is 65.2 Å². The van der Waals surface area contributed by atoms with Crippen LogP contribution < -0.4 is 14.2 Å². The van der Waals surface area contributed by atoms with Crippen LogP contribution in [0.25, 0.3) is 10.8 Å². The second-order valence-corrected chi connectivity index (χ2v) is 11.0. The van der Waals surface area contributed by atoms with Gasteiger partial charge in [-0.3, -0.25) is 24.3 Å². The zero-order valence-corrected chi connectivity index (χ0v) is 24.7. The lowest BCUT2D eigenvalue weighted by molar-refractivity contribution is 0.0568. The highest BCUT2D eigenvalue weighted by molar-refractivity contribution is 7.81. The molecule has 9 nitrogen and oxygen atoms in total. The Morgan fingerprint density at radius 3 is 1.95 bits per heavy atom. The topological polar surface area (TPSA) is 80.8 Å². The molecule has 2 aliphatic rings. The molecule has 0 spiro atoms. The number of imide groups is 1. The Hall–Kier alpha value is -3.31. The van der Waals surface area contributed by atoms with Gasteiger partial charge in [-0.2, -0.15) is 12.6 Å². The third kappa shape index (κ3) is 6.30. The molecule has 0 N–H and O–H groups in total. The van der Waals surface area contributed by atoms with Crippen molar-refractivity contribution >= 4 is 35.2 Å². The molecule has 1 fully saturated rings. The fourth-order valence-corrected chi connectivity index (χ4v) is 5.94. The van der Waals surface area contributed by atoms with Crippen molar-refractivity contribution in [3.63, 3.8) is 0 Å². The van der Waals surface area contributed by atoms with Gasteiger partial charge in [0.05, 0.1) is 34.5 Å². The number of hydrogen-bond donors (Lipinski definition) is 1. The highest BCUT2D eigenvalue weighted by Crippen LogP contribution is 2.38. The van der Waals surface area contributed by atoms with Gasteiger partial charge in [0.2, 0.25) is 5.75 Å². The summed E-state index contributed by atoms with van der Waals surface area (Å²) >= 11 is 4.76. The summed E-state index contributed by atoms with van der Waals surface area (Å²) in [6.07, 6.45) is 0. The second kappa shape index (κ2) is 13.1. The average molecular weight is 580 g/mol. The SMILES string of the molecule is COc1cc(COCC(S)CN2CCN(CCN3C(=O)c4cccc5cccc(c45)C3=O)CC2)cc(OC)c1OC. The number of hydrogen-bond acceptors (Lipinski definition) is 9. The number of rotatable bonds is 12. The Labute approximate surface area is 246 Å². The lowest BCUT2D eigenvalue weighted by atomic mass is 9.94. The summed E-state index contributed by atoms with van der Waals surface area (Å²) in [6, 6.07) is 15.0. The van der Waals surface area contributed by atoms with E-state index in [4.69, 9.17) is 31.6 Å². The second-order valence-electron chi connectivity index (χ2n) is 10.3. The fourth-order valence-electron chi connectivity index (χ4n) is 5.60. The van der Waals surface area contributed by atoms with Crippen molar-refractivity contribution in [1.82, 2.24) is 14.7 Å². The summed E-state index contributed by atoms with van der Waals surface area (Å²) < 4.78 is 22.2. The van der Waals surface area contributed by atoms with Gasteiger partial charge in [0.15, 0.2) is 11.5 Å². The van der Waals surface area contributed by atoms with Crippen LogP contribution in [-0.2, 0) is 11.3 Å². The maximum absolute atomic E-state index is 13.2. The van der Waals surface area contributed by atoms with Crippen molar-refractivity contribution in [2.75, 3.05) is 73.7 Å². The molecule has 3 aromatic rings. The average Bonchev–Trinajstić information content (AvgIpc) is 2.99. The number of methoxy groups -OCH3 is 3. The number of benzene rings is 3. The number of piperazine rings is 1. The van der Waals surface area contributed by atoms with Crippen LogP contribution in [0.2, 0.25) is 0 Å². The van der Waals surface area contributed by atoms with Crippen LogP contribution in [0.1, 0.15) is 26.3 Å². The summed E-state index contributed by atoms with van der Waals surface area (Å²) in [5, 5.41) is 1.75. The van der Waals surface area contributed by atoms with E-state index in [0.29, 0.717) is 54.7 Å². The third-order valence-electron chi connectivity index (χ3n) is 7.73. The first kappa shape index (κ1) is 29.2. The Balaban J connectivity index is 1.06. The zero-order chi connectivity index (χ0) is 28.9. The number of amides is 2. The minimum atomic E-state index is -0.206. The summed E-state index contributed by atoms with van der Waals surface area (Å²) in [5.41, 5.74) is 2.14. The predicted molar refractivity (Wildman–Crippen MR) is 161 cm³/mol. The summed E-state index contributed by atoms with van der Waals surface area (Å²) in [4.78, 5) is 32.4. The first-order valence-electron chi connectivity index (χ1n) is 13.8. The Bertz CT molecular complexity index is 1330. The van der Waals surface area contributed by atoms with Crippen LogP contribution >= 0.6 is 12.6 Å². The third-order valence-corrected chi connectivity index (χ3v) is 8.05. The van der Waals surface area contributed by atoms with Crippen molar-refractivity contribution in [2.45, 2.75) is 11.9 Å². The van der Waals surface area contributed by atoms with Gasteiger partial charge < -0.3 is 18.9 Å². The smallest absolute Gasteiger partial charge is 0.261 e. The van der Waals surface area contributed by atoms with E-state index in [-0.39, 0.29) is 17.1 Å². The van der Waals surface area contributed by atoms with Gasteiger partial charge in [-0.1, -0.05) is 24.3 Å². The number of thiol groups is 1. The molecule has 0 radical (unpaired) electrons. The molecule has 2 amide bonds. The van der Waals surface area contributed by atoms with E-state index >= 15 is 0 Å². The van der Waals surface area contributed by atoms with E-state index < -0.39 is 0 Å². The van der Waals surface area contributed by atoms with E-state index in [9.17, 15) is 9.59 Å². The molecule has 0 bridgehead atoms. The molecule has 41 heavy (non-hydrogen) atoms. The number of carbonyl (C=O) groups is 2. The first-order valence-corrected chi connectivity index (χ1v) is 14.3. The van der Waals surface area contributed by atoms with Crippen molar-refractivity contribution in [3.8, 4) is 17.2 Å². The van der Waals surface area contributed by atoms with Gasteiger partial charge in [-0.05, 0) is 35.2 Å². The molecule has 1 saturated heterocycles. The van der Waals surface area contributed by atoms with Gasteiger partial charge in [-0.25, -0.2) is 0 Å². The lowest BCUT2D eigenvalue weighted by Crippen LogP contribution is -2.51. The molecule has 2 aliphatic heterocycles. The fraction of sp³-hybridized carbons (Fsp3) is 0.419. The van der Waals surface area contributed by atoms with Gasteiger partial charge in [-0.15, -0.1) is 0 Å². The molecule has 0 aliphatic carbocycles. The maximum Gasteiger partial charge on any atom is 0.261 e. The Morgan fingerprint density at radius 2 is 1.39 bits per heavy atom. The Morgan fingerprint density at radius 1 is 0.805 bits per heavy atom. The van der Waals surface area contributed by atoms with Crippen LogP contribution in [0.3, 0.4) is 0 Å². The number of carbonyl (C=O) groups excluding carboxylic acids is 2. The van der Waals surface area contributed by atoms with Crippen molar-refractivity contribution in [1.29, 1.82) is 0 Å². The Kier molecular flexibility index (Phi) is 9.34. The molecule has 1 atom stereocenters. The number of nitrogens with zero attached hydrogens (tertiary/aromatic N) is 3. The molecule has 2 heterocycles. The van der Waals surface area contributed by atoms with E-state index in [0.717, 1.165) is 49.1 Å². The molecule has 10 heteroatoms. The van der Waals surface area contributed by atoms with Crippen LogP contribution in [0, 0.1) is 0 Å². The molecular weight excluding hydrogens is 542 g/mol. The van der Waals surface area contributed by atoms with Crippen molar-refractivity contribution < 1.29 is 28.5 Å². The largest absolute Gasteiger partial charge is 0.493 e. The van der Waals surface area contributed by atoms with Crippen LogP contribution in [0.5, 0.6) is 17.2 Å². The minimum absolute atomic E-state index is 0.0648. The molecule has 0 saturated carbocycles. The zero-order valence-electron chi connectivity index (χ0n) is 23.8. The normalized spacial score (nSPS) is 16.7. The monoisotopic (exact) mass is 579 g/mol. The predicted octanol–water partition coefficient (Wildman–Crippen LogP) is 3.59. The van der Waals surface area contributed by atoms with Gasteiger partial charge in [0.1, 0.15) is 0 Å². The van der Waals surface area contributed by atoms with Crippen LogP contribution in [0.4, 0.5) is 0 Å². The minimum Gasteiger partial charge on any atom is -0.493 e. The highest BCUT2D eigenvalue weighted by atomic mass is 32.1. The summed E-state index contributed by atoms with van der Waals surface area (Å²) in [7, 11) is 4.77. The maximum atomic E-state index is 13.2. The van der Waals surface area contributed by atoms with Gasteiger partial charge in [0, 0.05) is 67.6 Å². The molecule has 1 unspecified atom stereocenters. The summed E-state index contributed by atoms with van der Waals surface area (Å²) in [6.45, 7) is 6.31. The van der Waals surface area contributed by atoms with E-state index in [1.165, 1.54) is 4.90 Å². The molecule has 218 valence electrons. The van der Waals surface area contributed by atoms with Gasteiger partial charge >= 0.3 is 0 Å². The van der Waals surface area contributed by atoms with Crippen LogP contribution in [0.15, 0.2) is 48.5 Å². The molecule has 3 aromatic carbocycles. The first-order chi connectivity index (χ1) is 19.9. The molecule has 0 aromatic heterocycles. The van der Waals surface area contributed by atoms with E-state index in [1.807, 2.05) is 48.5 Å². The van der Waals surface area contributed by atoms with Crippen molar-refractivity contribution in [2.24, 2.45) is 0 Å². The summed E-state index contributed by atoms with van der Waals surface area (Å²) in [5.74, 6) is 1.34. The lowest BCUT2D eigenvalue weighted by Gasteiger charge is -2.37. The number of ether oxygens (including phenoxy) is 4. The van der Waals surface area contributed by atoms with E-state index in [1.54, 1.807) is 21.3 Å². The van der Waals surface area contributed by atoms with Gasteiger partial charge in [0.25, 0.3) is 11.8 Å². The molecular formula is C31H37N3O6S. The highest BCUT2D eigenvalue weighted by Gasteiger charge is 2.33. The molecule has 5 rings (SSSR count). The van der Waals surface area contributed by atoms with E-state index in [2.05, 4.69) is 9.80 Å². The van der Waals surface area contributed by atoms with Crippen LogP contribution in [-0.4, -0.2) is 106 Å².